The number of aliphatic carboxylic acids is 1. The number of ether oxygens (including phenoxy) is 1. The van der Waals surface area contributed by atoms with Crippen LogP contribution in [-0.2, 0) is 16.6 Å². The number of carbonyl (C=O) groups excluding carboxylic acids is 1. The van der Waals surface area contributed by atoms with E-state index in [9.17, 15) is 14.7 Å². The highest BCUT2D eigenvalue weighted by molar-refractivity contribution is 5.81. The summed E-state index contributed by atoms with van der Waals surface area (Å²) in [7, 11) is 1.69. The van der Waals surface area contributed by atoms with Gasteiger partial charge in [-0.1, -0.05) is 6.92 Å². The van der Waals surface area contributed by atoms with E-state index >= 15 is 0 Å². The van der Waals surface area contributed by atoms with Crippen molar-refractivity contribution in [3.05, 3.63) is 18.0 Å². The van der Waals surface area contributed by atoms with E-state index < -0.39 is 23.7 Å². The van der Waals surface area contributed by atoms with Gasteiger partial charge >= 0.3 is 12.1 Å². The first-order valence-corrected chi connectivity index (χ1v) is 6.86. The Morgan fingerprint density at radius 1 is 1.48 bits per heavy atom. The van der Waals surface area contributed by atoms with Crippen LogP contribution < -0.4 is 0 Å². The molecule has 1 unspecified atom stereocenters. The molecule has 7 nitrogen and oxygen atoms in total. The zero-order valence-corrected chi connectivity index (χ0v) is 13.2. The van der Waals surface area contributed by atoms with Crippen molar-refractivity contribution in [3.63, 3.8) is 0 Å². The Morgan fingerprint density at radius 3 is 2.48 bits per heavy atom. The average Bonchev–Trinajstić information content (AvgIpc) is 2.72. The highest BCUT2D eigenvalue weighted by Crippen LogP contribution is 2.23. The third-order valence-corrected chi connectivity index (χ3v) is 2.68. The minimum absolute atomic E-state index is 0.292. The van der Waals surface area contributed by atoms with Gasteiger partial charge in [0.25, 0.3) is 0 Å². The van der Waals surface area contributed by atoms with Crippen LogP contribution in [0.15, 0.2) is 12.4 Å². The van der Waals surface area contributed by atoms with Gasteiger partial charge in [0.15, 0.2) is 6.04 Å². The Bertz CT molecular complexity index is 505. The van der Waals surface area contributed by atoms with Gasteiger partial charge in [-0.05, 0) is 27.2 Å². The Balaban J connectivity index is 3.09. The Hall–Kier alpha value is -2.05. The van der Waals surface area contributed by atoms with Crippen molar-refractivity contribution < 1.29 is 19.4 Å². The van der Waals surface area contributed by atoms with Crippen molar-refractivity contribution >= 4 is 12.1 Å². The van der Waals surface area contributed by atoms with Crippen LogP contribution in [0.1, 0.15) is 45.7 Å². The Morgan fingerprint density at radius 2 is 2.10 bits per heavy atom. The van der Waals surface area contributed by atoms with Crippen molar-refractivity contribution in [3.8, 4) is 0 Å². The first-order chi connectivity index (χ1) is 9.65. The first-order valence-electron chi connectivity index (χ1n) is 6.86. The molecule has 0 bridgehead atoms. The normalized spacial score (nSPS) is 12.8. The van der Waals surface area contributed by atoms with Crippen LogP contribution in [0.4, 0.5) is 4.79 Å². The van der Waals surface area contributed by atoms with Gasteiger partial charge in [0.1, 0.15) is 5.60 Å². The molecule has 1 atom stereocenters. The lowest BCUT2D eigenvalue weighted by Gasteiger charge is -2.30. The molecular weight excluding hydrogens is 274 g/mol. The van der Waals surface area contributed by atoms with Crippen LogP contribution in [0.25, 0.3) is 0 Å². The zero-order valence-electron chi connectivity index (χ0n) is 13.2. The largest absolute Gasteiger partial charge is 0.479 e. The van der Waals surface area contributed by atoms with Crippen molar-refractivity contribution in [2.45, 2.75) is 45.8 Å². The highest BCUT2D eigenvalue weighted by atomic mass is 16.6. The van der Waals surface area contributed by atoms with Crippen molar-refractivity contribution in [1.82, 2.24) is 14.7 Å². The number of carboxylic acids is 1. The summed E-state index contributed by atoms with van der Waals surface area (Å²) in [5.74, 6) is -1.11. The Kier molecular flexibility index (Phi) is 5.34. The van der Waals surface area contributed by atoms with Gasteiger partial charge in [0.05, 0.1) is 6.20 Å². The standard InChI is InChI=1S/C14H23N3O4/c1-6-7-17(13(20)21-14(2,3)4)11(12(18)19)10-8-15-16(5)9-10/h8-9,11H,6-7H2,1-5H3,(H,18,19). The van der Waals surface area contributed by atoms with Crippen LogP contribution in [0.2, 0.25) is 0 Å². The lowest BCUT2D eigenvalue weighted by Crippen LogP contribution is -2.42. The Labute approximate surface area is 124 Å². The second kappa shape index (κ2) is 6.60. The molecule has 0 aliphatic carbocycles. The summed E-state index contributed by atoms with van der Waals surface area (Å²) in [5.41, 5.74) is -0.231. The summed E-state index contributed by atoms with van der Waals surface area (Å²) in [6, 6.07) is -1.10. The van der Waals surface area contributed by atoms with Gasteiger partial charge in [-0.25, -0.2) is 9.59 Å². The smallest absolute Gasteiger partial charge is 0.411 e. The summed E-state index contributed by atoms with van der Waals surface area (Å²) >= 11 is 0. The molecule has 0 saturated carbocycles. The van der Waals surface area contributed by atoms with E-state index in [-0.39, 0.29) is 0 Å². The number of amides is 1. The molecular formula is C14H23N3O4. The molecule has 1 aromatic rings. The molecule has 0 saturated heterocycles. The maximum Gasteiger partial charge on any atom is 0.411 e. The van der Waals surface area contributed by atoms with E-state index in [1.165, 1.54) is 15.8 Å². The third kappa shape index (κ3) is 4.77. The first kappa shape index (κ1) is 17.0. The molecule has 21 heavy (non-hydrogen) atoms. The monoisotopic (exact) mass is 297 g/mol. The fraction of sp³-hybridized carbons (Fsp3) is 0.643. The molecule has 1 rings (SSSR count). The molecule has 0 fully saturated rings. The predicted molar refractivity (Wildman–Crippen MR) is 76.8 cm³/mol. The van der Waals surface area contributed by atoms with Gasteiger partial charge in [-0.2, -0.15) is 5.10 Å². The number of aryl methyl sites for hydroxylation is 1. The van der Waals surface area contributed by atoms with Crippen molar-refractivity contribution in [1.29, 1.82) is 0 Å². The predicted octanol–water partition coefficient (Wildman–Crippen LogP) is 2.19. The maximum absolute atomic E-state index is 12.3. The maximum atomic E-state index is 12.3. The SMILES string of the molecule is CCCN(C(=O)OC(C)(C)C)C(C(=O)O)c1cnn(C)c1. The summed E-state index contributed by atoms with van der Waals surface area (Å²) in [6.45, 7) is 7.40. The van der Waals surface area contributed by atoms with Crippen molar-refractivity contribution in [2.24, 2.45) is 7.05 Å². The summed E-state index contributed by atoms with van der Waals surface area (Å²) in [4.78, 5) is 25.1. The molecule has 0 spiro atoms. The second-order valence-electron chi connectivity index (χ2n) is 5.86. The quantitative estimate of drug-likeness (QED) is 0.900. The zero-order chi connectivity index (χ0) is 16.2. The summed E-state index contributed by atoms with van der Waals surface area (Å²) < 4.78 is 6.81. The molecule has 0 aromatic carbocycles. The number of hydrogen-bond donors (Lipinski definition) is 1. The molecule has 1 aromatic heterocycles. The van der Waals surface area contributed by atoms with Crippen LogP contribution in [0, 0.1) is 0 Å². The van der Waals surface area contributed by atoms with Gasteiger partial charge in [-0.3, -0.25) is 9.58 Å². The number of carboxylic acid groups (broad SMARTS) is 1. The lowest BCUT2D eigenvalue weighted by molar-refractivity contribution is -0.143. The molecule has 0 radical (unpaired) electrons. The van der Waals surface area contributed by atoms with E-state index in [4.69, 9.17) is 4.74 Å². The van der Waals surface area contributed by atoms with E-state index in [2.05, 4.69) is 5.10 Å². The van der Waals surface area contributed by atoms with Gasteiger partial charge in [-0.15, -0.1) is 0 Å². The second-order valence-corrected chi connectivity index (χ2v) is 5.86. The number of rotatable bonds is 5. The topological polar surface area (TPSA) is 84.7 Å². The fourth-order valence-electron chi connectivity index (χ4n) is 1.92. The third-order valence-electron chi connectivity index (χ3n) is 2.68. The van der Waals surface area contributed by atoms with E-state index in [1.807, 2.05) is 6.92 Å². The molecule has 1 heterocycles. The number of nitrogens with zero attached hydrogens (tertiary/aromatic N) is 3. The number of carbonyl (C=O) groups is 2. The minimum atomic E-state index is -1.11. The number of hydrogen-bond acceptors (Lipinski definition) is 4. The van der Waals surface area contributed by atoms with Gasteiger partial charge in [0, 0.05) is 25.4 Å². The fourth-order valence-corrected chi connectivity index (χ4v) is 1.92. The van der Waals surface area contributed by atoms with Crippen LogP contribution >= 0.6 is 0 Å². The summed E-state index contributed by atoms with van der Waals surface area (Å²) in [5, 5.41) is 13.5. The van der Waals surface area contributed by atoms with E-state index in [1.54, 1.807) is 34.0 Å². The van der Waals surface area contributed by atoms with Crippen LogP contribution in [-0.4, -0.2) is 44.0 Å². The van der Waals surface area contributed by atoms with Crippen LogP contribution in [0.5, 0.6) is 0 Å². The molecule has 0 aliphatic heterocycles. The molecule has 1 N–H and O–H groups in total. The molecule has 7 heteroatoms. The minimum Gasteiger partial charge on any atom is -0.479 e. The van der Waals surface area contributed by atoms with Crippen molar-refractivity contribution in [2.75, 3.05) is 6.54 Å². The van der Waals surface area contributed by atoms with Gasteiger partial charge < -0.3 is 9.84 Å². The molecule has 118 valence electrons. The molecule has 1 amide bonds. The van der Waals surface area contributed by atoms with E-state index in [0.29, 0.717) is 18.5 Å². The highest BCUT2D eigenvalue weighted by Gasteiger charge is 2.34. The molecule has 0 aliphatic rings. The number of aromatic nitrogens is 2. The van der Waals surface area contributed by atoms with Crippen LogP contribution in [0.3, 0.4) is 0 Å². The van der Waals surface area contributed by atoms with Gasteiger partial charge in [0.2, 0.25) is 0 Å². The lowest BCUT2D eigenvalue weighted by atomic mass is 10.1. The van der Waals surface area contributed by atoms with E-state index in [0.717, 1.165) is 0 Å². The average molecular weight is 297 g/mol. The summed E-state index contributed by atoms with van der Waals surface area (Å²) in [6.07, 6.45) is 3.03.